The lowest BCUT2D eigenvalue weighted by atomic mass is 10.2. The molecular weight excluding hydrogens is 284 g/mol. The van der Waals surface area contributed by atoms with Crippen molar-refractivity contribution in [1.29, 1.82) is 5.26 Å². The highest BCUT2D eigenvalue weighted by Crippen LogP contribution is 2.36. The van der Waals surface area contributed by atoms with E-state index >= 15 is 0 Å². The maximum absolute atomic E-state index is 10.6. The Labute approximate surface area is 127 Å². The predicted molar refractivity (Wildman–Crippen MR) is 83.0 cm³/mol. The molecule has 114 valence electrons. The highest BCUT2D eigenvalue weighted by Gasteiger charge is 2.36. The van der Waals surface area contributed by atoms with E-state index in [1.165, 1.54) is 12.3 Å². The van der Waals surface area contributed by atoms with Gasteiger partial charge in [-0.25, -0.2) is 4.98 Å². The number of hydrogen-bond donors (Lipinski definition) is 0. The molecule has 0 radical (unpaired) electrons. The molecule has 1 rings (SSSR count). The van der Waals surface area contributed by atoms with Crippen molar-refractivity contribution in [3.8, 4) is 11.8 Å². The summed E-state index contributed by atoms with van der Waals surface area (Å²) >= 11 is 0. The van der Waals surface area contributed by atoms with E-state index in [-0.39, 0.29) is 10.7 Å². The van der Waals surface area contributed by atoms with Crippen molar-refractivity contribution in [2.75, 3.05) is 13.2 Å². The van der Waals surface area contributed by atoms with E-state index < -0.39 is 8.32 Å². The van der Waals surface area contributed by atoms with Gasteiger partial charge in [-0.2, -0.15) is 5.26 Å². The standard InChI is InChI=1S/C15H22N2O3Si/c1-15(2,3)21(4,5)20-7-6-19-14-10-17-13(11-18)8-12(14)9-16/h8,10-11H,6-7H2,1-5H3. The van der Waals surface area contributed by atoms with Crippen LogP contribution in [0.3, 0.4) is 0 Å². The smallest absolute Gasteiger partial charge is 0.192 e. The maximum atomic E-state index is 10.6. The first-order chi connectivity index (χ1) is 9.71. The molecule has 0 N–H and O–H groups in total. The number of ether oxygens (including phenoxy) is 1. The third-order valence-corrected chi connectivity index (χ3v) is 8.28. The molecule has 0 aliphatic rings. The molecule has 5 nitrogen and oxygen atoms in total. The van der Waals surface area contributed by atoms with Crippen molar-refractivity contribution in [3.05, 3.63) is 23.5 Å². The third-order valence-electron chi connectivity index (χ3n) is 3.74. The topological polar surface area (TPSA) is 72.2 Å². The molecule has 0 saturated heterocycles. The summed E-state index contributed by atoms with van der Waals surface area (Å²) in [5, 5.41) is 9.18. The Kier molecular flexibility index (Phi) is 5.64. The monoisotopic (exact) mass is 306 g/mol. The minimum atomic E-state index is -1.79. The minimum Gasteiger partial charge on any atom is -0.488 e. The summed E-state index contributed by atoms with van der Waals surface area (Å²) in [6.45, 7) is 11.7. The zero-order valence-electron chi connectivity index (χ0n) is 13.3. The van der Waals surface area contributed by atoms with Crippen LogP contribution in [0, 0.1) is 11.3 Å². The van der Waals surface area contributed by atoms with Gasteiger partial charge in [0.2, 0.25) is 0 Å². The molecule has 0 bridgehead atoms. The maximum Gasteiger partial charge on any atom is 0.192 e. The Morgan fingerprint density at radius 1 is 1.38 bits per heavy atom. The molecule has 0 atom stereocenters. The molecule has 1 aromatic heterocycles. The van der Waals surface area contributed by atoms with Crippen LogP contribution in [-0.4, -0.2) is 32.8 Å². The lowest BCUT2D eigenvalue weighted by molar-refractivity contribution is 0.111. The van der Waals surface area contributed by atoms with E-state index in [2.05, 4.69) is 38.8 Å². The van der Waals surface area contributed by atoms with E-state index in [9.17, 15) is 4.79 Å². The number of hydrogen-bond acceptors (Lipinski definition) is 5. The fraction of sp³-hybridized carbons (Fsp3) is 0.533. The van der Waals surface area contributed by atoms with Crippen LogP contribution in [-0.2, 0) is 4.43 Å². The minimum absolute atomic E-state index is 0.151. The summed E-state index contributed by atoms with van der Waals surface area (Å²) in [6, 6.07) is 3.41. The second-order valence-electron chi connectivity index (χ2n) is 6.29. The third kappa shape index (κ3) is 4.65. The van der Waals surface area contributed by atoms with Crippen LogP contribution in [0.2, 0.25) is 18.1 Å². The molecule has 0 aliphatic carbocycles. The summed E-state index contributed by atoms with van der Waals surface area (Å²) in [5.74, 6) is 0.377. The van der Waals surface area contributed by atoms with Gasteiger partial charge in [0.25, 0.3) is 0 Å². The molecule has 6 heteroatoms. The Bertz CT molecular complexity index is 545. The van der Waals surface area contributed by atoms with Gasteiger partial charge in [0.05, 0.1) is 18.4 Å². The molecular formula is C15H22N2O3Si. The second kappa shape index (κ2) is 6.83. The van der Waals surface area contributed by atoms with Crippen LogP contribution in [0.5, 0.6) is 5.75 Å². The Balaban J connectivity index is 2.58. The summed E-state index contributed by atoms with van der Waals surface area (Å²) < 4.78 is 11.5. The largest absolute Gasteiger partial charge is 0.488 e. The van der Waals surface area contributed by atoms with E-state index in [1.807, 2.05) is 6.07 Å². The average Bonchev–Trinajstić information content (AvgIpc) is 2.42. The highest BCUT2D eigenvalue weighted by molar-refractivity contribution is 6.74. The Morgan fingerprint density at radius 2 is 2.05 bits per heavy atom. The number of rotatable bonds is 6. The van der Waals surface area contributed by atoms with Crippen molar-refractivity contribution < 1.29 is 14.0 Å². The highest BCUT2D eigenvalue weighted by atomic mass is 28.4. The second-order valence-corrected chi connectivity index (χ2v) is 11.1. The molecule has 1 aromatic rings. The quantitative estimate of drug-likeness (QED) is 0.458. The van der Waals surface area contributed by atoms with E-state index in [4.69, 9.17) is 14.4 Å². The van der Waals surface area contributed by atoms with Gasteiger partial charge in [-0.1, -0.05) is 20.8 Å². The first-order valence-electron chi connectivity index (χ1n) is 6.83. The molecule has 0 aromatic carbocycles. The summed E-state index contributed by atoms with van der Waals surface area (Å²) in [6.07, 6.45) is 2.00. The number of nitrogens with zero attached hydrogens (tertiary/aromatic N) is 2. The zero-order valence-corrected chi connectivity index (χ0v) is 14.3. The fourth-order valence-electron chi connectivity index (χ4n) is 1.39. The van der Waals surface area contributed by atoms with Crippen LogP contribution in [0.15, 0.2) is 12.3 Å². The molecule has 21 heavy (non-hydrogen) atoms. The van der Waals surface area contributed by atoms with E-state index in [1.54, 1.807) is 0 Å². The van der Waals surface area contributed by atoms with Crippen LogP contribution >= 0.6 is 0 Å². The Morgan fingerprint density at radius 3 is 2.57 bits per heavy atom. The number of aromatic nitrogens is 1. The molecule has 0 spiro atoms. The summed E-state index contributed by atoms with van der Waals surface area (Å²) in [4.78, 5) is 14.5. The lowest BCUT2D eigenvalue weighted by Crippen LogP contribution is -2.41. The predicted octanol–water partition coefficient (Wildman–Crippen LogP) is 3.17. The summed E-state index contributed by atoms with van der Waals surface area (Å²) in [7, 11) is -1.79. The first kappa shape index (κ1) is 17.3. The number of nitriles is 1. The number of carbonyl (C=O) groups is 1. The number of pyridine rings is 1. The summed E-state index contributed by atoms with van der Waals surface area (Å²) in [5.41, 5.74) is 0.524. The van der Waals surface area contributed by atoms with Crippen LogP contribution in [0.25, 0.3) is 0 Å². The number of carbonyl (C=O) groups excluding carboxylic acids is 1. The van der Waals surface area contributed by atoms with Crippen LogP contribution in [0.1, 0.15) is 36.8 Å². The van der Waals surface area contributed by atoms with E-state index in [0.717, 1.165) is 0 Å². The van der Waals surface area contributed by atoms with Crippen molar-refractivity contribution in [2.24, 2.45) is 0 Å². The van der Waals surface area contributed by atoms with E-state index in [0.29, 0.717) is 30.8 Å². The van der Waals surface area contributed by atoms with Gasteiger partial charge in [-0.3, -0.25) is 4.79 Å². The van der Waals surface area contributed by atoms with Gasteiger partial charge < -0.3 is 9.16 Å². The van der Waals surface area contributed by atoms with Crippen molar-refractivity contribution in [2.45, 2.75) is 38.9 Å². The molecule has 1 heterocycles. The van der Waals surface area contributed by atoms with Crippen molar-refractivity contribution in [1.82, 2.24) is 4.98 Å². The molecule has 0 aliphatic heterocycles. The molecule has 0 fully saturated rings. The Hall–Kier alpha value is -1.71. The van der Waals surface area contributed by atoms with Crippen LogP contribution in [0.4, 0.5) is 0 Å². The lowest BCUT2D eigenvalue weighted by Gasteiger charge is -2.36. The zero-order chi connectivity index (χ0) is 16.1. The molecule has 0 unspecified atom stereocenters. The van der Waals surface area contributed by atoms with Gasteiger partial charge in [0.1, 0.15) is 18.4 Å². The molecule has 0 saturated carbocycles. The van der Waals surface area contributed by atoms with Gasteiger partial charge in [-0.05, 0) is 24.2 Å². The van der Waals surface area contributed by atoms with Gasteiger partial charge >= 0.3 is 0 Å². The fourth-order valence-corrected chi connectivity index (χ4v) is 2.42. The van der Waals surface area contributed by atoms with Crippen LogP contribution < -0.4 is 4.74 Å². The van der Waals surface area contributed by atoms with Gasteiger partial charge in [-0.15, -0.1) is 0 Å². The van der Waals surface area contributed by atoms with Crippen molar-refractivity contribution in [3.63, 3.8) is 0 Å². The average molecular weight is 306 g/mol. The van der Waals surface area contributed by atoms with Gasteiger partial charge in [0.15, 0.2) is 20.4 Å². The van der Waals surface area contributed by atoms with Crippen molar-refractivity contribution >= 4 is 14.6 Å². The SMILES string of the molecule is CC(C)(C)[Si](C)(C)OCCOc1cnc(C=O)cc1C#N. The van der Waals surface area contributed by atoms with Gasteiger partial charge in [0, 0.05) is 0 Å². The first-order valence-corrected chi connectivity index (χ1v) is 9.74. The molecule has 0 amide bonds. The number of aldehydes is 1. The normalized spacial score (nSPS) is 11.8.